The maximum Gasteiger partial charge on any atom is 0.191 e. The van der Waals surface area contributed by atoms with Gasteiger partial charge < -0.3 is 4.57 Å². The van der Waals surface area contributed by atoms with Gasteiger partial charge in [0.15, 0.2) is 16.9 Å². The van der Waals surface area contributed by atoms with Gasteiger partial charge in [-0.05, 0) is 25.7 Å². The van der Waals surface area contributed by atoms with Crippen LogP contribution in [0.1, 0.15) is 54.4 Å². The van der Waals surface area contributed by atoms with Gasteiger partial charge in [-0.15, -0.1) is 21.5 Å². The Balaban J connectivity index is 1.29. The summed E-state index contributed by atoms with van der Waals surface area (Å²) in [5, 5.41) is 21.6. The fraction of sp³-hybridized carbons (Fsp3) is 0.381. The molecule has 2 aliphatic rings. The number of nitriles is 1. The average Bonchev–Trinajstić information content (AvgIpc) is 3.68. The first kappa shape index (κ1) is 18.5. The van der Waals surface area contributed by atoms with Gasteiger partial charge in [-0.2, -0.15) is 5.26 Å². The molecule has 0 N–H and O–H groups in total. The lowest BCUT2D eigenvalue weighted by molar-refractivity contribution is -0.116. The summed E-state index contributed by atoms with van der Waals surface area (Å²) in [6.45, 7) is 0. The first-order chi connectivity index (χ1) is 14.2. The number of rotatable bonds is 8. The molecule has 2 saturated carbocycles. The summed E-state index contributed by atoms with van der Waals surface area (Å²) in [6.07, 6.45) is 4.67. The normalized spacial score (nSPS) is 17.1. The smallest absolute Gasteiger partial charge is 0.191 e. The van der Waals surface area contributed by atoms with E-state index in [0.717, 1.165) is 35.1 Å². The molecule has 2 fully saturated rings. The number of carbonyl (C=O) groups excluding carboxylic acids is 1. The quantitative estimate of drug-likeness (QED) is 0.495. The van der Waals surface area contributed by atoms with E-state index in [1.165, 1.54) is 35.9 Å². The van der Waals surface area contributed by atoms with Crippen LogP contribution < -0.4 is 0 Å². The monoisotopic (exact) mass is 421 g/mol. The zero-order valence-electron chi connectivity index (χ0n) is 15.7. The second kappa shape index (κ2) is 7.73. The second-order valence-corrected chi connectivity index (χ2v) is 9.30. The summed E-state index contributed by atoms with van der Waals surface area (Å²) < 4.78 is 2.23. The Morgan fingerprint density at radius 2 is 2.03 bits per heavy atom. The van der Waals surface area contributed by atoms with E-state index >= 15 is 0 Å². The molecule has 2 aromatic heterocycles. The standard InChI is InChI=1S/C21H19N5OS2/c22-10-16(20-23-17(11-28-20)13-4-2-1-3-5-13)18(27)12-29-21-25-24-19(14-6-7-14)26(21)15-8-9-15/h1-5,11,14-16H,6-9,12H2/t16-/m1/s1. The van der Waals surface area contributed by atoms with Crippen molar-refractivity contribution in [1.29, 1.82) is 5.26 Å². The van der Waals surface area contributed by atoms with Crippen LogP contribution in [0.3, 0.4) is 0 Å². The third-order valence-electron chi connectivity index (χ3n) is 5.18. The number of nitrogens with zero attached hydrogens (tertiary/aromatic N) is 5. The zero-order chi connectivity index (χ0) is 19.8. The molecule has 0 unspecified atom stereocenters. The van der Waals surface area contributed by atoms with E-state index < -0.39 is 5.92 Å². The van der Waals surface area contributed by atoms with Gasteiger partial charge in [0, 0.05) is 22.9 Å². The maximum atomic E-state index is 12.8. The van der Waals surface area contributed by atoms with Crippen molar-refractivity contribution < 1.29 is 4.79 Å². The van der Waals surface area contributed by atoms with Gasteiger partial charge in [-0.1, -0.05) is 42.1 Å². The number of thioether (sulfide) groups is 1. The van der Waals surface area contributed by atoms with E-state index in [-0.39, 0.29) is 11.5 Å². The molecular weight excluding hydrogens is 402 g/mol. The second-order valence-electron chi connectivity index (χ2n) is 7.47. The third kappa shape index (κ3) is 3.85. The van der Waals surface area contributed by atoms with Crippen LogP contribution in [-0.4, -0.2) is 31.3 Å². The van der Waals surface area contributed by atoms with E-state index in [0.29, 0.717) is 17.0 Å². The molecule has 29 heavy (non-hydrogen) atoms. The molecule has 146 valence electrons. The lowest BCUT2D eigenvalue weighted by Crippen LogP contribution is -2.14. The van der Waals surface area contributed by atoms with Crippen molar-refractivity contribution in [2.45, 2.75) is 48.7 Å². The number of carbonyl (C=O) groups is 1. The lowest BCUT2D eigenvalue weighted by Gasteiger charge is -2.08. The highest BCUT2D eigenvalue weighted by Gasteiger charge is 2.36. The van der Waals surface area contributed by atoms with Gasteiger partial charge in [0.2, 0.25) is 0 Å². The van der Waals surface area contributed by atoms with Gasteiger partial charge in [0.05, 0.1) is 17.5 Å². The first-order valence-electron chi connectivity index (χ1n) is 9.75. The minimum atomic E-state index is -0.842. The van der Waals surface area contributed by atoms with E-state index in [9.17, 15) is 10.1 Å². The number of benzene rings is 1. The summed E-state index contributed by atoms with van der Waals surface area (Å²) in [4.78, 5) is 17.4. The van der Waals surface area contributed by atoms with E-state index in [4.69, 9.17) is 0 Å². The molecule has 6 nitrogen and oxygen atoms in total. The fourth-order valence-corrected chi connectivity index (χ4v) is 5.14. The Hall–Kier alpha value is -2.50. The van der Waals surface area contributed by atoms with Crippen LogP contribution in [0.15, 0.2) is 40.9 Å². The van der Waals surface area contributed by atoms with Crippen LogP contribution in [0.25, 0.3) is 11.3 Å². The Bertz CT molecular complexity index is 1080. The van der Waals surface area contributed by atoms with E-state index in [1.54, 1.807) is 0 Å². The molecule has 5 rings (SSSR count). The predicted molar refractivity (Wildman–Crippen MR) is 112 cm³/mol. The Morgan fingerprint density at radius 1 is 1.24 bits per heavy atom. The van der Waals surface area contributed by atoms with Gasteiger partial charge in [-0.25, -0.2) is 4.98 Å². The number of Topliss-reactive ketones (excluding diaryl/α,β-unsaturated/α-hetero) is 1. The van der Waals surface area contributed by atoms with E-state index in [2.05, 4.69) is 25.8 Å². The van der Waals surface area contributed by atoms with Crippen molar-refractivity contribution in [3.8, 4) is 17.3 Å². The lowest BCUT2D eigenvalue weighted by atomic mass is 10.1. The SMILES string of the molecule is N#C[C@H](C(=O)CSc1nnc(C2CC2)n1C1CC1)c1nc(-c2ccccc2)cs1. The molecule has 0 saturated heterocycles. The van der Waals surface area contributed by atoms with Crippen molar-refractivity contribution in [2.75, 3.05) is 5.75 Å². The molecule has 2 heterocycles. The molecule has 1 atom stereocenters. The summed E-state index contributed by atoms with van der Waals surface area (Å²) in [6, 6.07) is 12.4. The van der Waals surface area contributed by atoms with Crippen molar-refractivity contribution in [2.24, 2.45) is 0 Å². The molecule has 1 aromatic carbocycles. The van der Waals surface area contributed by atoms with Crippen LogP contribution >= 0.6 is 23.1 Å². The molecule has 0 bridgehead atoms. The third-order valence-corrected chi connectivity index (χ3v) is 7.05. The number of thiazole rings is 1. The Morgan fingerprint density at radius 3 is 2.72 bits per heavy atom. The largest absolute Gasteiger partial charge is 0.303 e. The molecule has 2 aliphatic carbocycles. The summed E-state index contributed by atoms with van der Waals surface area (Å²) >= 11 is 2.76. The average molecular weight is 422 g/mol. The number of ketones is 1. The highest BCUT2D eigenvalue weighted by atomic mass is 32.2. The molecule has 0 amide bonds. The van der Waals surface area contributed by atoms with Crippen LogP contribution in [0, 0.1) is 11.3 Å². The Labute approximate surface area is 177 Å². The van der Waals surface area contributed by atoms with Gasteiger partial charge in [0.1, 0.15) is 10.8 Å². The molecule has 3 aromatic rings. The van der Waals surface area contributed by atoms with Crippen LogP contribution in [0.5, 0.6) is 0 Å². The topological polar surface area (TPSA) is 84.5 Å². The first-order valence-corrected chi connectivity index (χ1v) is 11.6. The van der Waals surface area contributed by atoms with Gasteiger partial charge in [0.25, 0.3) is 0 Å². The number of hydrogen-bond donors (Lipinski definition) is 0. The number of hydrogen-bond acceptors (Lipinski definition) is 7. The maximum absolute atomic E-state index is 12.8. The van der Waals surface area contributed by atoms with Gasteiger partial charge in [-0.3, -0.25) is 4.79 Å². The fourth-order valence-electron chi connectivity index (χ4n) is 3.33. The molecule has 0 aliphatic heterocycles. The summed E-state index contributed by atoms with van der Waals surface area (Å²) in [5.41, 5.74) is 1.78. The summed E-state index contributed by atoms with van der Waals surface area (Å²) in [7, 11) is 0. The van der Waals surface area contributed by atoms with Crippen molar-refractivity contribution in [3.05, 3.63) is 46.5 Å². The Kier molecular flexibility index (Phi) is 4.94. The zero-order valence-corrected chi connectivity index (χ0v) is 17.3. The van der Waals surface area contributed by atoms with Gasteiger partial charge >= 0.3 is 0 Å². The minimum Gasteiger partial charge on any atom is -0.303 e. The molecule has 0 radical (unpaired) electrons. The molecule has 8 heteroatoms. The molecule has 0 spiro atoms. The van der Waals surface area contributed by atoms with Crippen molar-refractivity contribution >= 4 is 28.9 Å². The number of aromatic nitrogens is 4. The van der Waals surface area contributed by atoms with Crippen LogP contribution in [0.2, 0.25) is 0 Å². The summed E-state index contributed by atoms with van der Waals surface area (Å²) in [5.74, 6) is 0.835. The van der Waals surface area contributed by atoms with Crippen molar-refractivity contribution in [1.82, 2.24) is 19.7 Å². The van der Waals surface area contributed by atoms with E-state index in [1.807, 2.05) is 35.7 Å². The highest BCUT2D eigenvalue weighted by molar-refractivity contribution is 7.99. The highest BCUT2D eigenvalue weighted by Crippen LogP contribution is 2.46. The van der Waals surface area contributed by atoms with Crippen LogP contribution in [0.4, 0.5) is 0 Å². The minimum absolute atomic E-state index is 0.134. The van der Waals surface area contributed by atoms with Crippen LogP contribution in [-0.2, 0) is 4.79 Å². The molecular formula is C21H19N5OS2. The predicted octanol–water partition coefficient (Wildman–Crippen LogP) is 4.58. The van der Waals surface area contributed by atoms with Crippen molar-refractivity contribution in [3.63, 3.8) is 0 Å².